The molecule has 4 heteroatoms. The Bertz CT molecular complexity index is 442. The SMILES string of the molecule is O=C([O-])CCC(=O)N1CCCc2ccccc21. The van der Waals surface area contributed by atoms with Gasteiger partial charge in [-0.25, -0.2) is 0 Å². The van der Waals surface area contributed by atoms with Gasteiger partial charge in [0.25, 0.3) is 0 Å². The van der Waals surface area contributed by atoms with Crippen LogP contribution < -0.4 is 10.0 Å². The maximum Gasteiger partial charge on any atom is 0.227 e. The Balaban J connectivity index is 2.12. The number of carboxylic acid groups (broad SMARTS) is 1. The van der Waals surface area contributed by atoms with Crippen LogP contribution in [0.25, 0.3) is 0 Å². The van der Waals surface area contributed by atoms with Crippen molar-refractivity contribution in [3.63, 3.8) is 0 Å². The molecule has 0 aromatic heterocycles. The third kappa shape index (κ3) is 2.64. The van der Waals surface area contributed by atoms with Gasteiger partial charge in [0.15, 0.2) is 0 Å². The molecule has 17 heavy (non-hydrogen) atoms. The number of nitrogens with zero attached hydrogens (tertiary/aromatic N) is 1. The molecule has 0 atom stereocenters. The zero-order valence-electron chi connectivity index (χ0n) is 9.52. The average molecular weight is 232 g/mol. The van der Waals surface area contributed by atoms with E-state index in [1.807, 2.05) is 24.3 Å². The van der Waals surface area contributed by atoms with Crippen LogP contribution >= 0.6 is 0 Å². The molecule has 0 radical (unpaired) electrons. The second-order valence-electron chi connectivity index (χ2n) is 4.15. The number of aryl methyl sites for hydroxylation is 1. The van der Waals surface area contributed by atoms with Gasteiger partial charge in [-0.15, -0.1) is 0 Å². The molecular formula is C13H14NO3-. The van der Waals surface area contributed by atoms with Gasteiger partial charge in [-0.1, -0.05) is 18.2 Å². The number of hydrogen-bond acceptors (Lipinski definition) is 3. The first-order valence-corrected chi connectivity index (χ1v) is 5.76. The number of aliphatic carboxylic acids is 1. The second-order valence-corrected chi connectivity index (χ2v) is 4.15. The molecule has 1 aromatic rings. The molecule has 0 N–H and O–H groups in total. The van der Waals surface area contributed by atoms with Crippen molar-refractivity contribution in [2.75, 3.05) is 11.4 Å². The minimum absolute atomic E-state index is 0.0106. The number of benzene rings is 1. The van der Waals surface area contributed by atoms with E-state index in [0.29, 0.717) is 6.54 Å². The summed E-state index contributed by atoms with van der Waals surface area (Å²) in [6.45, 7) is 0.670. The van der Waals surface area contributed by atoms with E-state index in [1.165, 1.54) is 0 Å². The molecule has 1 heterocycles. The first-order chi connectivity index (χ1) is 8.18. The largest absolute Gasteiger partial charge is 0.550 e. The lowest BCUT2D eigenvalue weighted by Gasteiger charge is -2.29. The highest BCUT2D eigenvalue weighted by molar-refractivity contribution is 5.95. The number of carboxylic acids is 1. The van der Waals surface area contributed by atoms with Gasteiger partial charge in [-0.05, 0) is 30.9 Å². The number of amides is 1. The van der Waals surface area contributed by atoms with E-state index in [4.69, 9.17) is 0 Å². The maximum atomic E-state index is 11.9. The molecule has 0 aliphatic carbocycles. The van der Waals surface area contributed by atoms with Crippen LogP contribution in [0, 0.1) is 0 Å². The minimum atomic E-state index is -1.18. The monoisotopic (exact) mass is 232 g/mol. The van der Waals surface area contributed by atoms with Crippen LogP contribution in [0.4, 0.5) is 5.69 Å². The van der Waals surface area contributed by atoms with Gasteiger partial charge < -0.3 is 14.8 Å². The van der Waals surface area contributed by atoms with Gasteiger partial charge in [0.2, 0.25) is 5.91 Å². The van der Waals surface area contributed by atoms with E-state index in [1.54, 1.807) is 4.90 Å². The normalized spacial score (nSPS) is 14.2. The molecule has 2 rings (SSSR count). The lowest BCUT2D eigenvalue weighted by Crippen LogP contribution is -2.36. The standard InChI is InChI=1S/C13H15NO3/c15-12(7-8-13(16)17)14-9-3-5-10-4-1-2-6-11(10)14/h1-2,4,6H,3,5,7-9H2,(H,16,17)/p-1. The molecule has 90 valence electrons. The van der Waals surface area contributed by atoms with Crippen LogP contribution in [0.15, 0.2) is 24.3 Å². The summed E-state index contributed by atoms with van der Waals surface area (Å²) in [5.41, 5.74) is 2.07. The Morgan fingerprint density at radius 3 is 2.76 bits per heavy atom. The lowest BCUT2D eigenvalue weighted by atomic mass is 10.0. The quantitative estimate of drug-likeness (QED) is 0.762. The van der Waals surface area contributed by atoms with Gasteiger partial charge in [-0.2, -0.15) is 0 Å². The summed E-state index contributed by atoms with van der Waals surface area (Å²) in [5.74, 6) is -1.31. The number of carbonyl (C=O) groups is 2. The molecule has 4 nitrogen and oxygen atoms in total. The predicted molar refractivity (Wildman–Crippen MR) is 61.4 cm³/mol. The van der Waals surface area contributed by atoms with Gasteiger partial charge >= 0.3 is 0 Å². The van der Waals surface area contributed by atoms with E-state index in [-0.39, 0.29) is 18.7 Å². The Hall–Kier alpha value is -1.84. The van der Waals surface area contributed by atoms with Gasteiger partial charge in [0, 0.05) is 24.6 Å². The van der Waals surface area contributed by atoms with Crippen LogP contribution in [0.2, 0.25) is 0 Å². The zero-order chi connectivity index (χ0) is 12.3. The van der Waals surface area contributed by atoms with Crippen molar-refractivity contribution < 1.29 is 14.7 Å². The first kappa shape index (κ1) is 11.6. The molecule has 0 saturated heterocycles. The summed E-state index contributed by atoms with van der Waals surface area (Å²) in [5, 5.41) is 10.4. The highest BCUT2D eigenvalue weighted by Crippen LogP contribution is 2.27. The zero-order valence-corrected chi connectivity index (χ0v) is 9.52. The molecule has 0 bridgehead atoms. The Morgan fingerprint density at radius 2 is 2.00 bits per heavy atom. The number of fused-ring (bicyclic) bond motifs is 1. The fraction of sp³-hybridized carbons (Fsp3) is 0.385. The third-order valence-electron chi connectivity index (χ3n) is 2.95. The molecule has 0 spiro atoms. The first-order valence-electron chi connectivity index (χ1n) is 5.76. The van der Waals surface area contributed by atoms with E-state index in [0.717, 1.165) is 24.1 Å². The highest BCUT2D eigenvalue weighted by Gasteiger charge is 2.21. The van der Waals surface area contributed by atoms with Crippen molar-refractivity contribution in [1.29, 1.82) is 0 Å². The Kier molecular flexibility index (Phi) is 3.42. The van der Waals surface area contributed by atoms with E-state index >= 15 is 0 Å². The molecule has 0 saturated carbocycles. The van der Waals surface area contributed by atoms with Gasteiger partial charge in [0.05, 0.1) is 0 Å². The summed E-state index contributed by atoms with van der Waals surface area (Å²) < 4.78 is 0. The molecule has 1 aliphatic rings. The molecule has 1 aliphatic heterocycles. The average Bonchev–Trinajstić information content (AvgIpc) is 2.35. The van der Waals surface area contributed by atoms with Crippen LogP contribution in [0.1, 0.15) is 24.8 Å². The second kappa shape index (κ2) is 4.99. The minimum Gasteiger partial charge on any atom is -0.550 e. The van der Waals surface area contributed by atoms with Crippen molar-refractivity contribution in [2.45, 2.75) is 25.7 Å². The summed E-state index contributed by atoms with van der Waals surface area (Å²) in [6, 6.07) is 7.76. The predicted octanol–water partition coefficient (Wildman–Crippen LogP) is 0.496. The molecule has 0 fully saturated rings. The summed E-state index contributed by atoms with van der Waals surface area (Å²) in [4.78, 5) is 23.9. The van der Waals surface area contributed by atoms with Crippen LogP contribution in [0.3, 0.4) is 0 Å². The number of anilines is 1. The van der Waals surface area contributed by atoms with E-state index in [9.17, 15) is 14.7 Å². The van der Waals surface area contributed by atoms with Crippen molar-refractivity contribution in [1.82, 2.24) is 0 Å². The number of carbonyl (C=O) groups excluding carboxylic acids is 2. The Labute approximate surface area is 99.9 Å². The van der Waals surface area contributed by atoms with Crippen molar-refractivity contribution in [3.8, 4) is 0 Å². The Morgan fingerprint density at radius 1 is 1.24 bits per heavy atom. The van der Waals surface area contributed by atoms with Gasteiger partial charge in [0.1, 0.15) is 0 Å². The molecule has 1 amide bonds. The number of hydrogen-bond donors (Lipinski definition) is 0. The number of para-hydroxylation sites is 1. The molecule has 1 aromatic carbocycles. The lowest BCUT2D eigenvalue weighted by molar-refractivity contribution is -0.305. The van der Waals surface area contributed by atoms with Crippen molar-refractivity contribution in [3.05, 3.63) is 29.8 Å². The number of rotatable bonds is 3. The summed E-state index contributed by atoms with van der Waals surface area (Å²) >= 11 is 0. The van der Waals surface area contributed by atoms with Crippen LogP contribution in [-0.4, -0.2) is 18.4 Å². The summed E-state index contributed by atoms with van der Waals surface area (Å²) in [7, 11) is 0. The van der Waals surface area contributed by atoms with Crippen LogP contribution in [-0.2, 0) is 16.0 Å². The van der Waals surface area contributed by atoms with Crippen LogP contribution in [0.5, 0.6) is 0 Å². The maximum absolute atomic E-state index is 11.9. The van der Waals surface area contributed by atoms with E-state index in [2.05, 4.69) is 0 Å². The van der Waals surface area contributed by atoms with E-state index < -0.39 is 5.97 Å². The fourth-order valence-electron chi connectivity index (χ4n) is 2.14. The smallest absolute Gasteiger partial charge is 0.227 e. The molecule has 0 unspecified atom stereocenters. The van der Waals surface area contributed by atoms with Crippen molar-refractivity contribution >= 4 is 17.6 Å². The van der Waals surface area contributed by atoms with Gasteiger partial charge in [-0.3, -0.25) is 4.79 Å². The fourth-order valence-corrected chi connectivity index (χ4v) is 2.14. The summed E-state index contributed by atoms with van der Waals surface area (Å²) in [6.07, 6.45) is 1.70. The topological polar surface area (TPSA) is 60.4 Å². The highest BCUT2D eigenvalue weighted by atomic mass is 16.4. The van der Waals surface area contributed by atoms with Crippen molar-refractivity contribution in [2.24, 2.45) is 0 Å². The third-order valence-corrected chi connectivity index (χ3v) is 2.95. The molecular weight excluding hydrogens is 218 g/mol.